The van der Waals surface area contributed by atoms with E-state index >= 15 is 0 Å². The molecule has 0 atom stereocenters. The van der Waals surface area contributed by atoms with Crippen molar-refractivity contribution in [3.8, 4) is 5.75 Å². The minimum Gasteiger partial charge on any atom is -0.497 e. The van der Waals surface area contributed by atoms with Crippen molar-refractivity contribution >= 4 is 28.8 Å². The summed E-state index contributed by atoms with van der Waals surface area (Å²) in [6.45, 7) is 5.04. The van der Waals surface area contributed by atoms with Gasteiger partial charge in [0.2, 0.25) is 0 Å². The summed E-state index contributed by atoms with van der Waals surface area (Å²) < 4.78 is 7.31. The minimum atomic E-state index is -0.837. The van der Waals surface area contributed by atoms with Crippen LogP contribution in [0.1, 0.15) is 13.8 Å². The van der Waals surface area contributed by atoms with Crippen molar-refractivity contribution in [1.29, 1.82) is 0 Å². The van der Waals surface area contributed by atoms with Crippen molar-refractivity contribution in [3.05, 3.63) is 18.2 Å². The molecule has 0 saturated carbocycles. The van der Waals surface area contributed by atoms with Crippen LogP contribution in [0, 0.1) is 5.92 Å². The molecule has 0 spiro atoms. The molecule has 0 unspecified atom stereocenters. The summed E-state index contributed by atoms with van der Waals surface area (Å²) in [6, 6.07) is 5.70. The Balaban J connectivity index is 2.46. The molecule has 0 aliphatic carbocycles. The van der Waals surface area contributed by atoms with Crippen LogP contribution >= 0.6 is 11.8 Å². The Kier molecular flexibility index (Phi) is 4.54. The Morgan fingerprint density at radius 3 is 2.85 bits per heavy atom. The number of aliphatic carboxylic acids is 1. The lowest BCUT2D eigenvalue weighted by Gasteiger charge is -2.11. The molecule has 0 aliphatic rings. The van der Waals surface area contributed by atoms with E-state index in [2.05, 4.69) is 23.4 Å². The first-order chi connectivity index (χ1) is 9.51. The lowest BCUT2D eigenvalue weighted by molar-refractivity contribution is -0.133. The van der Waals surface area contributed by atoms with Gasteiger partial charge in [-0.1, -0.05) is 25.6 Å². The summed E-state index contributed by atoms with van der Waals surface area (Å²) >= 11 is 1.25. The molecule has 5 nitrogen and oxygen atoms in total. The molecule has 6 heteroatoms. The zero-order valence-electron chi connectivity index (χ0n) is 11.8. The number of carboxylic acids is 1. The predicted octanol–water partition coefficient (Wildman–Crippen LogP) is 2.88. The van der Waals surface area contributed by atoms with Gasteiger partial charge in [-0.05, 0) is 18.1 Å². The van der Waals surface area contributed by atoms with Crippen molar-refractivity contribution in [2.45, 2.75) is 25.5 Å². The number of nitrogens with zero attached hydrogens (tertiary/aromatic N) is 2. The van der Waals surface area contributed by atoms with Crippen LogP contribution in [0.25, 0.3) is 11.0 Å². The van der Waals surface area contributed by atoms with Gasteiger partial charge in [0.1, 0.15) is 5.75 Å². The van der Waals surface area contributed by atoms with Gasteiger partial charge in [-0.25, -0.2) is 4.98 Å². The van der Waals surface area contributed by atoms with Crippen LogP contribution in [0.5, 0.6) is 5.75 Å². The van der Waals surface area contributed by atoms with E-state index in [-0.39, 0.29) is 5.75 Å². The SMILES string of the molecule is COc1ccc2nc(SCC(=O)O)n(CC(C)C)c2c1. The van der Waals surface area contributed by atoms with E-state index in [1.165, 1.54) is 11.8 Å². The first kappa shape index (κ1) is 14.7. The highest BCUT2D eigenvalue weighted by Crippen LogP contribution is 2.27. The number of carbonyl (C=O) groups is 1. The van der Waals surface area contributed by atoms with Crippen LogP contribution in [0.15, 0.2) is 23.4 Å². The van der Waals surface area contributed by atoms with Crippen LogP contribution in [0.3, 0.4) is 0 Å². The molecule has 0 saturated heterocycles. The van der Waals surface area contributed by atoms with Gasteiger partial charge in [-0.15, -0.1) is 0 Å². The van der Waals surface area contributed by atoms with Crippen molar-refractivity contribution in [3.63, 3.8) is 0 Å². The fourth-order valence-electron chi connectivity index (χ4n) is 1.99. The van der Waals surface area contributed by atoms with Crippen LogP contribution < -0.4 is 4.74 Å². The molecular formula is C14H18N2O3S. The number of rotatable bonds is 6. The average Bonchev–Trinajstić information content (AvgIpc) is 2.73. The van der Waals surface area contributed by atoms with Crippen molar-refractivity contribution in [2.75, 3.05) is 12.9 Å². The van der Waals surface area contributed by atoms with Gasteiger partial charge >= 0.3 is 5.97 Å². The fourth-order valence-corrected chi connectivity index (χ4v) is 2.73. The second-order valence-corrected chi connectivity index (χ2v) is 5.88. The van der Waals surface area contributed by atoms with Gasteiger partial charge in [-0.2, -0.15) is 0 Å². The lowest BCUT2D eigenvalue weighted by Crippen LogP contribution is -2.07. The predicted molar refractivity (Wildman–Crippen MR) is 79.5 cm³/mol. The number of carboxylic acid groups (broad SMARTS) is 1. The number of hydrogen-bond donors (Lipinski definition) is 1. The molecule has 0 amide bonds. The third-order valence-corrected chi connectivity index (χ3v) is 3.75. The first-order valence-electron chi connectivity index (χ1n) is 6.40. The Morgan fingerprint density at radius 2 is 2.25 bits per heavy atom. The zero-order valence-corrected chi connectivity index (χ0v) is 12.6. The van der Waals surface area contributed by atoms with Crippen LogP contribution in [-0.2, 0) is 11.3 Å². The molecule has 0 bridgehead atoms. The van der Waals surface area contributed by atoms with E-state index in [0.29, 0.717) is 5.92 Å². The summed E-state index contributed by atoms with van der Waals surface area (Å²) in [6.07, 6.45) is 0. The average molecular weight is 294 g/mol. The van der Waals surface area contributed by atoms with Crippen LogP contribution in [0.2, 0.25) is 0 Å². The molecule has 0 radical (unpaired) electrons. The normalized spacial score (nSPS) is 11.2. The topological polar surface area (TPSA) is 64.3 Å². The molecule has 108 valence electrons. The second-order valence-electron chi connectivity index (χ2n) is 4.94. The van der Waals surface area contributed by atoms with Gasteiger partial charge < -0.3 is 14.4 Å². The minimum absolute atomic E-state index is 0.0125. The highest BCUT2D eigenvalue weighted by molar-refractivity contribution is 7.99. The van der Waals surface area contributed by atoms with E-state index in [1.54, 1.807) is 7.11 Å². The first-order valence-corrected chi connectivity index (χ1v) is 7.38. The number of thioether (sulfide) groups is 1. The van der Waals surface area contributed by atoms with E-state index in [4.69, 9.17) is 9.84 Å². The zero-order chi connectivity index (χ0) is 14.7. The molecular weight excluding hydrogens is 276 g/mol. The van der Waals surface area contributed by atoms with Crippen LogP contribution in [0.4, 0.5) is 0 Å². The molecule has 2 aromatic rings. The third-order valence-electron chi connectivity index (χ3n) is 2.79. The maximum absolute atomic E-state index is 10.7. The lowest BCUT2D eigenvalue weighted by atomic mass is 10.2. The summed E-state index contributed by atoms with van der Waals surface area (Å²) in [4.78, 5) is 15.3. The Bertz CT molecular complexity index is 622. The smallest absolute Gasteiger partial charge is 0.313 e. The summed E-state index contributed by atoms with van der Waals surface area (Å²) in [7, 11) is 1.63. The highest BCUT2D eigenvalue weighted by atomic mass is 32.2. The number of methoxy groups -OCH3 is 1. The summed E-state index contributed by atoms with van der Waals surface area (Å²) in [5.74, 6) is 0.397. The van der Waals surface area contributed by atoms with Gasteiger partial charge in [0.05, 0.1) is 23.9 Å². The van der Waals surface area contributed by atoms with Gasteiger partial charge in [-0.3, -0.25) is 4.79 Å². The van der Waals surface area contributed by atoms with Crippen molar-refractivity contribution in [1.82, 2.24) is 9.55 Å². The molecule has 1 N–H and O–H groups in total. The number of ether oxygens (including phenoxy) is 1. The summed E-state index contributed by atoms with van der Waals surface area (Å²) in [5, 5.41) is 9.57. The molecule has 2 rings (SSSR count). The molecule has 1 aromatic heterocycles. The second kappa shape index (κ2) is 6.17. The highest BCUT2D eigenvalue weighted by Gasteiger charge is 2.14. The number of hydrogen-bond acceptors (Lipinski definition) is 4. The van der Waals surface area contributed by atoms with E-state index in [9.17, 15) is 4.79 Å². The third kappa shape index (κ3) is 3.25. The standard InChI is InChI=1S/C14H18N2O3S/c1-9(2)7-16-12-6-10(19-3)4-5-11(12)15-14(16)20-8-13(17)18/h4-6,9H,7-8H2,1-3H3,(H,17,18). The Hall–Kier alpha value is -1.69. The van der Waals surface area contributed by atoms with E-state index in [0.717, 1.165) is 28.5 Å². The molecule has 1 aromatic carbocycles. The van der Waals surface area contributed by atoms with Crippen molar-refractivity contribution in [2.24, 2.45) is 5.92 Å². The van der Waals surface area contributed by atoms with Gasteiger partial charge in [0.25, 0.3) is 0 Å². The van der Waals surface area contributed by atoms with Gasteiger partial charge in [0.15, 0.2) is 5.16 Å². The molecule has 20 heavy (non-hydrogen) atoms. The Morgan fingerprint density at radius 1 is 1.50 bits per heavy atom. The number of aromatic nitrogens is 2. The quantitative estimate of drug-likeness (QED) is 0.830. The maximum Gasteiger partial charge on any atom is 0.313 e. The molecule has 1 heterocycles. The van der Waals surface area contributed by atoms with E-state index in [1.807, 2.05) is 18.2 Å². The fraction of sp³-hybridized carbons (Fsp3) is 0.429. The van der Waals surface area contributed by atoms with Gasteiger partial charge in [0, 0.05) is 12.6 Å². The molecule has 0 fully saturated rings. The number of benzene rings is 1. The number of imidazole rings is 1. The van der Waals surface area contributed by atoms with Crippen molar-refractivity contribution < 1.29 is 14.6 Å². The largest absolute Gasteiger partial charge is 0.497 e. The maximum atomic E-state index is 10.7. The monoisotopic (exact) mass is 294 g/mol. The number of fused-ring (bicyclic) bond motifs is 1. The summed E-state index contributed by atoms with van der Waals surface area (Å²) in [5.41, 5.74) is 1.84. The van der Waals surface area contributed by atoms with E-state index < -0.39 is 5.97 Å². The Labute approximate surface area is 121 Å². The van der Waals surface area contributed by atoms with Crippen LogP contribution in [-0.4, -0.2) is 33.5 Å². The molecule has 0 aliphatic heterocycles.